The summed E-state index contributed by atoms with van der Waals surface area (Å²) in [6.45, 7) is 0.0750. The SMILES string of the molecule is O=S(=O)(NCc1ccc(Br)cc1)c1ncccc1F. The lowest BCUT2D eigenvalue weighted by molar-refractivity contribution is 0.544. The van der Waals surface area contributed by atoms with E-state index < -0.39 is 20.9 Å². The van der Waals surface area contributed by atoms with E-state index in [1.165, 1.54) is 12.3 Å². The van der Waals surface area contributed by atoms with Gasteiger partial charge in [0.2, 0.25) is 5.03 Å². The molecule has 0 radical (unpaired) electrons. The van der Waals surface area contributed by atoms with Gasteiger partial charge in [0.1, 0.15) is 0 Å². The highest BCUT2D eigenvalue weighted by molar-refractivity contribution is 9.10. The summed E-state index contributed by atoms with van der Waals surface area (Å²) in [7, 11) is -3.95. The molecule has 19 heavy (non-hydrogen) atoms. The highest BCUT2D eigenvalue weighted by Crippen LogP contribution is 2.13. The van der Waals surface area contributed by atoms with Crippen molar-refractivity contribution < 1.29 is 12.8 Å². The molecule has 7 heteroatoms. The summed E-state index contributed by atoms with van der Waals surface area (Å²) in [5, 5.41) is -0.591. The molecule has 0 saturated heterocycles. The van der Waals surface area contributed by atoms with E-state index in [2.05, 4.69) is 25.6 Å². The van der Waals surface area contributed by atoms with Crippen LogP contribution in [0.3, 0.4) is 0 Å². The van der Waals surface area contributed by atoms with Crippen LogP contribution in [0.4, 0.5) is 4.39 Å². The fourth-order valence-electron chi connectivity index (χ4n) is 1.42. The molecule has 0 spiro atoms. The van der Waals surface area contributed by atoms with Crippen molar-refractivity contribution in [3.8, 4) is 0 Å². The minimum Gasteiger partial charge on any atom is -0.241 e. The third-order valence-corrected chi connectivity index (χ3v) is 4.22. The fraction of sp³-hybridized carbons (Fsp3) is 0.0833. The molecule has 0 aliphatic rings. The average molecular weight is 345 g/mol. The number of hydrogen-bond acceptors (Lipinski definition) is 3. The topological polar surface area (TPSA) is 59.1 Å². The minimum absolute atomic E-state index is 0.0750. The predicted octanol–water partition coefficient (Wildman–Crippen LogP) is 2.46. The van der Waals surface area contributed by atoms with Gasteiger partial charge in [0.15, 0.2) is 5.82 Å². The van der Waals surface area contributed by atoms with Gasteiger partial charge in [-0.3, -0.25) is 0 Å². The highest BCUT2D eigenvalue weighted by Gasteiger charge is 2.19. The second-order valence-corrected chi connectivity index (χ2v) is 6.34. The van der Waals surface area contributed by atoms with Crippen LogP contribution >= 0.6 is 15.9 Å². The number of rotatable bonds is 4. The zero-order valence-corrected chi connectivity index (χ0v) is 12.1. The smallest absolute Gasteiger partial charge is 0.241 e. The van der Waals surface area contributed by atoms with E-state index in [1.54, 1.807) is 24.3 Å². The van der Waals surface area contributed by atoms with E-state index in [1.807, 2.05) is 0 Å². The Balaban J connectivity index is 2.14. The monoisotopic (exact) mass is 344 g/mol. The molecule has 0 fully saturated rings. The molecular weight excluding hydrogens is 335 g/mol. The van der Waals surface area contributed by atoms with E-state index in [4.69, 9.17) is 0 Å². The molecule has 100 valence electrons. The van der Waals surface area contributed by atoms with Crippen LogP contribution in [0.5, 0.6) is 0 Å². The van der Waals surface area contributed by atoms with Crippen molar-refractivity contribution in [1.82, 2.24) is 9.71 Å². The number of benzene rings is 1. The zero-order valence-electron chi connectivity index (χ0n) is 9.68. The Morgan fingerprint density at radius 3 is 2.53 bits per heavy atom. The highest BCUT2D eigenvalue weighted by atomic mass is 79.9. The summed E-state index contributed by atoms with van der Waals surface area (Å²) < 4.78 is 40.3. The lowest BCUT2D eigenvalue weighted by Gasteiger charge is -2.06. The molecule has 0 bridgehead atoms. The molecule has 0 aliphatic heterocycles. The number of nitrogens with one attached hydrogen (secondary N) is 1. The van der Waals surface area contributed by atoms with Crippen molar-refractivity contribution in [3.63, 3.8) is 0 Å². The normalized spacial score (nSPS) is 11.5. The van der Waals surface area contributed by atoms with Gasteiger partial charge in [0.05, 0.1) is 0 Å². The summed E-state index contributed by atoms with van der Waals surface area (Å²) >= 11 is 3.28. The Morgan fingerprint density at radius 1 is 1.21 bits per heavy atom. The quantitative estimate of drug-likeness (QED) is 0.926. The van der Waals surface area contributed by atoms with E-state index in [0.29, 0.717) is 0 Å². The van der Waals surface area contributed by atoms with E-state index >= 15 is 0 Å². The molecule has 0 atom stereocenters. The van der Waals surface area contributed by atoms with Gasteiger partial charge in [-0.05, 0) is 29.8 Å². The van der Waals surface area contributed by atoms with Gasteiger partial charge in [-0.2, -0.15) is 0 Å². The van der Waals surface area contributed by atoms with Gasteiger partial charge < -0.3 is 0 Å². The van der Waals surface area contributed by atoms with Gasteiger partial charge in [0.25, 0.3) is 10.0 Å². The van der Waals surface area contributed by atoms with Crippen molar-refractivity contribution in [2.45, 2.75) is 11.6 Å². The van der Waals surface area contributed by atoms with Gasteiger partial charge in [0, 0.05) is 17.2 Å². The number of aromatic nitrogens is 1. The van der Waals surface area contributed by atoms with Crippen LogP contribution in [0, 0.1) is 5.82 Å². The van der Waals surface area contributed by atoms with Crippen LogP contribution in [-0.4, -0.2) is 13.4 Å². The van der Waals surface area contributed by atoms with Crippen LogP contribution < -0.4 is 4.72 Å². The summed E-state index contributed by atoms with van der Waals surface area (Å²) in [4.78, 5) is 3.54. The molecule has 0 amide bonds. The maximum Gasteiger partial charge on any atom is 0.261 e. The maximum atomic E-state index is 13.4. The largest absolute Gasteiger partial charge is 0.261 e. The van der Waals surface area contributed by atoms with Crippen molar-refractivity contribution >= 4 is 26.0 Å². The first kappa shape index (κ1) is 14.1. The Bertz CT molecular complexity index is 674. The number of hydrogen-bond donors (Lipinski definition) is 1. The molecule has 2 aromatic rings. The molecule has 0 aliphatic carbocycles. The molecule has 1 aromatic carbocycles. The molecule has 4 nitrogen and oxygen atoms in total. The van der Waals surface area contributed by atoms with Gasteiger partial charge in [-0.25, -0.2) is 22.5 Å². The minimum atomic E-state index is -3.95. The van der Waals surface area contributed by atoms with Crippen molar-refractivity contribution in [1.29, 1.82) is 0 Å². The second-order valence-electron chi connectivity index (χ2n) is 3.74. The summed E-state index contributed by atoms with van der Waals surface area (Å²) in [6.07, 6.45) is 1.23. The molecule has 1 N–H and O–H groups in total. The lowest BCUT2D eigenvalue weighted by atomic mass is 10.2. The molecular formula is C12H10BrFN2O2S. The Kier molecular flexibility index (Phi) is 4.28. The number of sulfonamides is 1. The zero-order chi connectivity index (χ0) is 13.9. The van der Waals surface area contributed by atoms with E-state index in [9.17, 15) is 12.8 Å². The number of pyridine rings is 1. The summed E-state index contributed by atoms with van der Waals surface area (Å²) in [5.41, 5.74) is 0.767. The molecule has 2 rings (SSSR count). The van der Waals surface area contributed by atoms with Crippen LogP contribution in [-0.2, 0) is 16.6 Å². The van der Waals surface area contributed by atoms with E-state index in [-0.39, 0.29) is 6.54 Å². The number of nitrogens with zero attached hydrogens (tertiary/aromatic N) is 1. The molecule has 0 unspecified atom stereocenters. The van der Waals surface area contributed by atoms with Crippen LogP contribution in [0.2, 0.25) is 0 Å². The third kappa shape index (κ3) is 3.59. The lowest BCUT2D eigenvalue weighted by Crippen LogP contribution is -2.25. The first-order chi connectivity index (χ1) is 8.99. The van der Waals surface area contributed by atoms with Crippen LogP contribution in [0.1, 0.15) is 5.56 Å². The van der Waals surface area contributed by atoms with Gasteiger partial charge in [-0.1, -0.05) is 28.1 Å². The predicted molar refractivity (Wildman–Crippen MR) is 72.4 cm³/mol. The van der Waals surface area contributed by atoms with E-state index in [0.717, 1.165) is 16.1 Å². The molecule has 1 aromatic heterocycles. The first-order valence-corrected chi connectivity index (χ1v) is 7.61. The average Bonchev–Trinajstić information content (AvgIpc) is 2.38. The first-order valence-electron chi connectivity index (χ1n) is 5.34. The number of halogens is 2. The summed E-state index contributed by atoms with van der Waals surface area (Å²) in [5.74, 6) is -0.870. The third-order valence-electron chi connectivity index (χ3n) is 2.36. The van der Waals surface area contributed by atoms with Gasteiger partial charge >= 0.3 is 0 Å². The Morgan fingerprint density at radius 2 is 1.89 bits per heavy atom. The summed E-state index contributed by atoms with van der Waals surface area (Å²) in [6, 6.07) is 9.52. The van der Waals surface area contributed by atoms with Gasteiger partial charge in [-0.15, -0.1) is 0 Å². The Labute approximate surface area is 118 Å². The molecule has 1 heterocycles. The van der Waals surface area contributed by atoms with Crippen molar-refractivity contribution in [2.24, 2.45) is 0 Å². The Hall–Kier alpha value is -1.31. The maximum absolute atomic E-state index is 13.4. The molecule has 0 saturated carbocycles. The van der Waals surface area contributed by atoms with Crippen LogP contribution in [0.25, 0.3) is 0 Å². The van der Waals surface area contributed by atoms with Crippen molar-refractivity contribution in [2.75, 3.05) is 0 Å². The second kappa shape index (κ2) is 5.77. The standard InChI is InChI=1S/C12H10BrFN2O2S/c13-10-5-3-9(4-6-10)8-16-19(17,18)12-11(14)2-1-7-15-12/h1-7,16H,8H2. The fourth-order valence-corrected chi connectivity index (χ4v) is 2.70. The van der Waals surface area contributed by atoms with Crippen LogP contribution in [0.15, 0.2) is 52.1 Å². The van der Waals surface area contributed by atoms with Crippen molar-refractivity contribution in [3.05, 3.63) is 58.4 Å².